The van der Waals surface area contributed by atoms with Gasteiger partial charge in [0.05, 0.1) is 10.6 Å². The lowest BCUT2D eigenvalue weighted by Crippen LogP contribution is -2.11. The summed E-state index contributed by atoms with van der Waals surface area (Å²) in [6.45, 7) is 0. The molecule has 19 heavy (non-hydrogen) atoms. The lowest BCUT2D eigenvalue weighted by atomic mass is 10.3. The van der Waals surface area contributed by atoms with Gasteiger partial charge in [-0.3, -0.25) is 5.41 Å². The van der Waals surface area contributed by atoms with Crippen LogP contribution < -0.4 is 5.49 Å². The van der Waals surface area contributed by atoms with E-state index in [0.29, 0.717) is 17.0 Å². The second kappa shape index (κ2) is 5.75. The van der Waals surface area contributed by atoms with E-state index in [1.807, 2.05) is 0 Å². The number of nitrogens with one attached hydrogen (secondary N) is 1. The van der Waals surface area contributed by atoms with Crippen molar-refractivity contribution < 1.29 is 8.42 Å². The number of hydrogen-bond donors (Lipinski definition) is 1. The third-order valence-electron chi connectivity index (χ3n) is 2.65. The average molecular weight is 274 g/mol. The van der Waals surface area contributed by atoms with Crippen molar-refractivity contribution in [1.29, 1.82) is 5.41 Å². The molecule has 98 valence electrons. The molecule has 0 radical (unpaired) electrons. The molecule has 2 aromatic rings. The van der Waals surface area contributed by atoms with Gasteiger partial charge in [-0.2, -0.15) is 0 Å². The number of nitrogens with zero attached hydrogens (tertiary/aromatic N) is 1. The van der Waals surface area contributed by atoms with Crippen LogP contribution in [0.1, 0.15) is 5.69 Å². The Bertz CT molecular complexity index is 713. The first-order chi connectivity index (χ1) is 9.08. The maximum atomic E-state index is 12.1. The van der Waals surface area contributed by atoms with Crippen LogP contribution in [0, 0.1) is 5.41 Å². The summed E-state index contributed by atoms with van der Waals surface area (Å²) in [6, 6.07) is 15.1. The van der Waals surface area contributed by atoms with Crippen LogP contribution in [0.25, 0.3) is 0 Å². The van der Waals surface area contributed by atoms with Crippen molar-refractivity contribution in [3.8, 4) is 0 Å². The molecule has 5 heteroatoms. The van der Waals surface area contributed by atoms with Gasteiger partial charge in [-0.05, 0) is 24.3 Å². The first-order valence-electron chi connectivity index (χ1n) is 5.86. The summed E-state index contributed by atoms with van der Waals surface area (Å²) in [5.41, 5.74) is 0.742. The van der Waals surface area contributed by atoms with Crippen molar-refractivity contribution in [2.45, 2.75) is 11.3 Å². The van der Waals surface area contributed by atoms with Gasteiger partial charge in [0.25, 0.3) is 0 Å². The predicted molar refractivity (Wildman–Crippen MR) is 72.3 cm³/mol. The summed E-state index contributed by atoms with van der Waals surface area (Å²) < 4.78 is 24.2. The quantitative estimate of drug-likeness (QED) is 0.920. The van der Waals surface area contributed by atoms with E-state index in [9.17, 15) is 8.42 Å². The first kappa shape index (κ1) is 13.4. The molecule has 0 unspecified atom stereocenters. The van der Waals surface area contributed by atoms with Crippen LogP contribution in [0.4, 0.5) is 0 Å². The van der Waals surface area contributed by atoms with Crippen molar-refractivity contribution in [3.63, 3.8) is 0 Å². The van der Waals surface area contributed by atoms with E-state index >= 15 is 0 Å². The third-order valence-corrected chi connectivity index (χ3v) is 4.38. The molecule has 0 atom stereocenters. The molecule has 1 heterocycles. The minimum Gasteiger partial charge on any atom is -0.283 e. The summed E-state index contributed by atoms with van der Waals surface area (Å²) in [5, 5.41) is 7.49. The van der Waals surface area contributed by atoms with Gasteiger partial charge in [-0.1, -0.05) is 30.3 Å². The van der Waals surface area contributed by atoms with Crippen molar-refractivity contribution >= 4 is 9.84 Å². The molecule has 0 aliphatic carbocycles. The van der Waals surface area contributed by atoms with E-state index in [1.165, 1.54) is 0 Å². The lowest BCUT2D eigenvalue weighted by molar-refractivity contribution is 0.595. The van der Waals surface area contributed by atoms with Crippen LogP contribution in [-0.4, -0.2) is 19.2 Å². The van der Waals surface area contributed by atoms with E-state index in [0.717, 1.165) is 0 Å². The van der Waals surface area contributed by atoms with Gasteiger partial charge in [0.15, 0.2) is 9.84 Å². The van der Waals surface area contributed by atoms with Crippen LogP contribution in [0.5, 0.6) is 0 Å². The monoisotopic (exact) mass is 274 g/mol. The summed E-state index contributed by atoms with van der Waals surface area (Å²) in [7, 11) is -3.29. The molecule has 0 aliphatic heterocycles. The zero-order valence-electron chi connectivity index (χ0n) is 10.3. The zero-order valence-corrected chi connectivity index (χ0v) is 11.1. The first-order valence-corrected chi connectivity index (χ1v) is 7.52. The minimum absolute atomic E-state index is 0.00648. The van der Waals surface area contributed by atoms with Crippen molar-refractivity contribution in [2.75, 3.05) is 5.75 Å². The van der Waals surface area contributed by atoms with Crippen molar-refractivity contribution in [1.82, 2.24) is 4.98 Å². The molecular formula is C14H14N2O2S. The van der Waals surface area contributed by atoms with Gasteiger partial charge in [-0.25, -0.2) is 13.4 Å². The third kappa shape index (κ3) is 3.72. The Morgan fingerprint density at radius 2 is 1.58 bits per heavy atom. The highest BCUT2D eigenvalue weighted by atomic mass is 32.2. The summed E-state index contributed by atoms with van der Waals surface area (Å²) in [4.78, 5) is 4.36. The Morgan fingerprint density at radius 1 is 0.947 bits per heavy atom. The molecular weight excluding hydrogens is 260 g/mol. The number of aryl methyl sites for hydroxylation is 1. The van der Waals surface area contributed by atoms with Crippen molar-refractivity contribution in [2.24, 2.45) is 0 Å². The van der Waals surface area contributed by atoms with Crippen LogP contribution in [0.3, 0.4) is 0 Å². The number of sulfone groups is 1. The fourth-order valence-electron chi connectivity index (χ4n) is 1.67. The Balaban J connectivity index is 2.17. The molecule has 0 fully saturated rings. The molecule has 0 bridgehead atoms. The maximum absolute atomic E-state index is 12.1. The topological polar surface area (TPSA) is 70.9 Å². The van der Waals surface area contributed by atoms with Gasteiger partial charge in [0.1, 0.15) is 5.49 Å². The molecule has 4 nitrogen and oxygen atoms in total. The summed E-state index contributed by atoms with van der Waals surface area (Å²) in [5.74, 6) is -0.00648. The fourth-order valence-corrected chi connectivity index (χ4v) is 2.95. The van der Waals surface area contributed by atoms with Crippen LogP contribution in [-0.2, 0) is 16.3 Å². The highest BCUT2D eigenvalue weighted by molar-refractivity contribution is 7.91. The lowest BCUT2D eigenvalue weighted by Gasteiger charge is -2.03. The molecule has 0 aliphatic rings. The Hall–Kier alpha value is -2.01. The fraction of sp³-hybridized carbons (Fsp3) is 0.143. The van der Waals surface area contributed by atoms with E-state index in [1.54, 1.807) is 54.6 Å². The van der Waals surface area contributed by atoms with Crippen LogP contribution in [0.15, 0.2) is 59.5 Å². The van der Waals surface area contributed by atoms with Crippen LogP contribution >= 0.6 is 0 Å². The smallest absolute Gasteiger partial charge is 0.178 e. The van der Waals surface area contributed by atoms with Crippen molar-refractivity contribution in [3.05, 3.63) is 65.8 Å². The normalized spacial score (nSPS) is 11.2. The molecule has 0 saturated heterocycles. The highest BCUT2D eigenvalue weighted by Crippen LogP contribution is 2.11. The number of rotatable bonds is 4. The van der Waals surface area contributed by atoms with Gasteiger partial charge < -0.3 is 0 Å². The molecule has 2 rings (SSSR count). The SMILES string of the molecule is N=c1ccccc(CCS(=O)(=O)c2ccccc2)n1. The van der Waals surface area contributed by atoms with E-state index in [2.05, 4.69) is 4.98 Å². The van der Waals surface area contributed by atoms with Gasteiger partial charge in [0.2, 0.25) is 0 Å². The molecule has 1 aromatic heterocycles. The largest absolute Gasteiger partial charge is 0.283 e. The Morgan fingerprint density at radius 3 is 2.32 bits per heavy atom. The molecule has 1 N–H and O–H groups in total. The van der Waals surface area contributed by atoms with E-state index in [-0.39, 0.29) is 11.2 Å². The summed E-state index contributed by atoms with van der Waals surface area (Å²) in [6.07, 6.45) is 0.303. The average Bonchev–Trinajstić information content (AvgIpc) is 2.62. The zero-order chi connectivity index (χ0) is 13.7. The van der Waals surface area contributed by atoms with E-state index in [4.69, 9.17) is 5.41 Å². The molecule has 0 saturated carbocycles. The number of hydrogen-bond acceptors (Lipinski definition) is 4. The van der Waals surface area contributed by atoms with Gasteiger partial charge in [-0.15, -0.1) is 0 Å². The molecule has 1 aromatic carbocycles. The molecule has 0 spiro atoms. The standard InChI is InChI=1S/C14H14N2O2S/c15-14-9-5-4-6-12(16-14)10-11-19(17,18)13-7-2-1-3-8-13/h1-9,15H,10-11H2. The molecule has 0 amide bonds. The second-order valence-electron chi connectivity index (χ2n) is 4.09. The van der Waals surface area contributed by atoms with E-state index < -0.39 is 9.84 Å². The highest BCUT2D eigenvalue weighted by Gasteiger charge is 2.13. The van der Waals surface area contributed by atoms with Gasteiger partial charge >= 0.3 is 0 Å². The Labute approximate surface area is 112 Å². The number of benzene rings is 1. The maximum Gasteiger partial charge on any atom is 0.178 e. The Kier molecular flexibility index (Phi) is 4.06. The van der Waals surface area contributed by atoms with Gasteiger partial charge in [0, 0.05) is 12.1 Å². The second-order valence-corrected chi connectivity index (χ2v) is 6.20. The van der Waals surface area contributed by atoms with Crippen LogP contribution in [0.2, 0.25) is 0 Å². The summed E-state index contributed by atoms with van der Waals surface area (Å²) >= 11 is 0. The minimum atomic E-state index is -3.29. The number of aromatic nitrogens is 1. The predicted octanol–water partition coefficient (Wildman–Crippen LogP) is 1.58.